The van der Waals surface area contributed by atoms with E-state index in [0.717, 1.165) is 5.39 Å². The van der Waals surface area contributed by atoms with Crippen LogP contribution < -0.4 is 9.47 Å². The molecule has 0 bridgehead atoms. The van der Waals surface area contributed by atoms with Crippen LogP contribution in [0, 0.1) is 5.21 Å². The van der Waals surface area contributed by atoms with E-state index >= 15 is 0 Å². The number of hydrogen-bond donors (Lipinski definition) is 0. The molecule has 0 saturated heterocycles. The third kappa shape index (κ3) is 2.36. The second-order valence-corrected chi connectivity index (χ2v) is 3.30. The van der Waals surface area contributed by atoms with Gasteiger partial charge in [0.2, 0.25) is 0 Å². The molecule has 0 radical (unpaired) electrons. The summed E-state index contributed by atoms with van der Waals surface area (Å²) in [5.41, 5.74) is 0. The van der Waals surface area contributed by atoms with Crippen molar-refractivity contribution in [3.8, 4) is 5.75 Å². The van der Waals surface area contributed by atoms with Gasteiger partial charge in [0, 0.05) is 6.07 Å². The first-order chi connectivity index (χ1) is 7.65. The van der Waals surface area contributed by atoms with Gasteiger partial charge in [-0.1, -0.05) is 6.07 Å². The average Bonchev–Trinajstić information content (AvgIpc) is 2.25. The van der Waals surface area contributed by atoms with Crippen LogP contribution in [0.5, 0.6) is 5.75 Å². The molecule has 0 N–H and O–H groups in total. The minimum Gasteiger partial charge on any atom is -0.619 e. The van der Waals surface area contributed by atoms with E-state index in [1.807, 2.05) is 0 Å². The van der Waals surface area contributed by atoms with Crippen LogP contribution in [0.3, 0.4) is 0 Å². The molecule has 0 aliphatic carbocycles. The van der Waals surface area contributed by atoms with Crippen LogP contribution in [0.1, 0.15) is 0 Å². The predicted molar refractivity (Wildman–Crippen MR) is 54.4 cm³/mol. The molecule has 2 aromatic rings. The van der Waals surface area contributed by atoms with Gasteiger partial charge in [0.1, 0.15) is 12.4 Å². The van der Waals surface area contributed by atoms with Crippen LogP contribution in [0.15, 0.2) is 36.7 Å². The topological polar surface area (TPSA) is 36.2 Å². The molecule has 2 rings (SSSR count). The summed E-state index contributed by atoms with van der Waals surface area (Å²) in [6.45, 7) is -0.643. The summed E-state index contributed by atoms with van der Waals surface area (Å²) in [6, 6.07) is 6.53. The lowest BCUT2D eigenvalue weighted by Crippen LogP contribution is -2.23. The number of hydrogen-bond acceptors (Lipinski definition) is 2. The highest BCUT2D eigenvalue weighted by molar-refractivity contribution is 5.82. The zero-order valence-electron chi connectivity index (χ0n) is 8.27. The molecule has 84 valence electrons. The summed E-state index contributed by atoms with van der Waals surface area (Å²) < 4.78 is 29.3. The van der Waals surface area contributed by atoms with E-state index in [4.69, 9.17) is 4.74 Å². The van der Waals surface area contributed by atoms with Crippen molar-refractivity contribution in [2.75, 3.05) is 6.61 Å². The lowest BCUT2D eigenvalue weighted by Gasteiger charge is -2.06. The fourth-order valence-corrected chi connectivity index (χ4v) is 1.40. The third-order valence-electron chi connectivity index (χ3n) is 2.10. The highest BCUT2D eigenvalue weighted by Crippen LogP contribution is 2.19. The van der Waals surface area contributed by atoms with E-state index in [1.165, 1.54) is 12.4 Å². The normalized spacial score (nSPS) is 10.9. The number of rotatable bonds is 3. The summed E-state index contributed by atoms with van der Waals surface area (Å²) in [6.07, 6.45) is 0.239. The predicted octanol–water partition coefficient (Wildman–Crippen LogP) is 2.12. The first-order valence-corrected chi connectivity index (χ1v) is 4.69. The van der Waals surface area contributed by atoms with Crippen molar-refractivity contribution in [1.82, 2.24) is 0 Å². The zero-order valence-corrected chi connectivity index (χ0v) is 8.27. The van der Waals surface area contributed by atoms with E-state index in [2.05, 4.69) is 0 Å². The van der Waals surface area contributed by atoms with E-state index in [1.54, 1.807) is 24.3 Å². The second-order valence-electron chi connectivity index (χ2n) is 3.30. The van der Waals surface area contributed by atoms with E-state index in [-0.39, 0.29) is 0 Å². The molecule has 0 fully saturated rings. The summed E-state index contributed by atoms with van der Waals surface area (Å²) in [4.78, 5) is 0. The molecular weight excluding hydrogens is 216 g/mol. The Labute approximate surface area is 90.5 Å². The van der Waals surface area contributed by atoms with Crippen molar-refractivity contribution in [2.24, 2.45) is 0 Å². The van der Waals surface area contributed by atoms with Gasteiger partial charge in [0.15, 0.2) is 12.4 Å². The van der Waals surface area contributed by atoms with Crippen LogP contribution in [0.25, 0.3) is 10.8 Å². The van der Waals surface area contributed by atoms with Crippen LogP contribution in [0.4, 0.5) is 8.78 Å². The minimum atomic E-state index is -2.50. The van der Waals surface area contributed by atoms with Crippen LogP contribution in [0.2, 0.25) is 0 Å². The van der Waals surface area contributed by atoms with Crippen molar-refractivity contribution < 1.29 is 18.2 Å². The van der Waals surface area contributed by atoms with Gasteiger partial charge < -0.3 is 9.94 Å². The summed E-state index contributed by atoms with van der Waals surface area (Å²) in [7, 11) is 0. The molecule has 0 amide bonds. The number of aromatic nitrogens is 1. The Bertz CT molecular complexity index is 502. The highest BCUT2D eigenvalue weighted by atomic mass is 19.3. The van der Waals surface area contributed by atoms with Gasteiger partial charge in [0.05, 0.1) is 5.39 Å². The van der Waals surface area contributed by atoms with Crippen LogP contribution >= 0.6 is 0 Å². The van der Waals surface area contributed by atoms with Gasteiger partial charge in [-0.2, -0.15) is 4.73 Å². The molecule has 1 heterocycles. The maximum Gasteiger partial charge on any atom is 0.272 e. The zero-order chi connectivity index (χ0) is 11.5. The van der Waals surface area contributed by atoms with Crippen molar-refractivity contribution in [3.05, 3.63) is 41.9 Å². The Hall–Kier alpha value is -1.91. The summed E-state index contributed by atoms with van der Waals surface area (Å²) in [5.74, 6) is 0.332. The molecular formula is C11H9F2NO2. The number of fused-ring (bicyclic) bond motifs is 1. The molecule has 0 spiro atoms. The molecule has 0 atom stereocenters. The van der Waals surface area contributed by atoms with Gasteiger partial charge in [-0.3, -0.25) is 0 Å². The Morgan fingerprint density at radius 3 is 2.81 bits per heavy atom. The molecule has 0 aliphatic rings. The number of pyridine rings is 1. The first kappa shape index (κ1) is 10.6. The quantitative estimate of drug-likeness (QED) is 0.592. The Morgan fingerprint density at radius 1 is 1.25 bits per heavy atom. The van der Waals surface area contributed by atoms with Gasteiger partial charge in [-0.15, -0.1) is 0 Å². The maximum absolute atomic E-state index is 11.9. The fraction of sp³-hybridized carbons (Fsp3) is 0.182. The van der Waals surface area contributed by atoms with Gasteiger partial charge >= 0.3 is 0 Å². The first-order valence-electron chi connectivity index (χ1n) is 4.69. The molecule has 0 saturated carbocycles. The molecule has 3 nitrogen and oxygen atoms in total. The van der Waals surface area contributed by atoms with Crippen LogP contribution in [-0.4, -0.2) is 13.0 Å². The number of benzene rings is 1. The molecule has 1 aromatic heterocycles. The summed E-state index contributed by atoms with van der Waals surface area (Å²) >= 11 is 0. The largest absolute Gasteiger partial charge is 0.619 e. The fourth-order valence-electron chi connectivity index (χ4n) is 1.40. The standard InChI is InChI=1S/C11H9F2NO2/c12-11(13)7-16-10-2-1-8-3-4-14(15)6-9(8)5-10/h1-6,11H,7H2. The molecule has 0 unspecified atom stereocenters. The molecule has 0 aliphatic heterocycles. The van der Waals surface area contributed by atoms with Crippen molar-refractivity contribution in [1.29, 1.82) is 0 Å². The van der Waals surface area contributed by atoms with Crippen LogP contribution in [-0.2, 0) is 0 Å². The Kier molecular flexibility index (Phi) is 2.85. The lowest BCUT2D eigenvalue weighted by atomic mass is 10.2. The monoisotopic (exact) mass is 225 g/mol. The van der Waals surface area contributed by atoms with E-state index < -0.39 is 13.0 Å². The Morgan fingerprint density at radius 2 is 2.06 bits per heavy atom. The Balaban J connectivity index is 2.28. The highest BCUT2D eigenvalue weighted by Gasteiger charge is 2.05. The van der Waals surface area contributed by atoms with Gasteiger partial charge in [-0.25, -0.2) is 8.78 Å². The number of ether oxygens (including phenoxy) is 1. The number of alkyl halides is 2. The van der Waals surface area contributed by atoms with Crippen molar-refractivity contribution in [3.63, 3.8) is 0 Å². The molecule has 16 heavy (non-hydrogen) atoms. The average molecular weight is 225 g/mol. The number of halogens is 2. The lowest BCUT2D eigenvalue weighted by molar-refractivity contribution is -0.603. The molecule has 1 aromatic carbocycles. The smallest absolute Gasteiger partial charge is 0.272 e. The van der Waals surface area contributed by atoms with Crippen molar-refractivity contribution in [2.45, 2.75) is 6.43 Å². The number of nitrogens with zero attached hydrogens (tertiary/aromatic N) is 1. The SMILES string of the molecule is [O-][n+]1ccc2ccc(OCC(F)F)cc2c1. The summed E-state index contributed by atoms with van der Waals surface area (Å²) in [5, 5.41) is 12.5. The maximum atomic E-state index is 11.9. The second kappa shape index (κ2) is 4.30. The van der Waals surface area contributed by atoms with Gasteiger partial charge in [0.25, 0.3) is 6.43 Å². The minimum absolute atomic E-state index is 0.332. The third-order valence-corrected chi connectivity index (χ3v) is 2.10. The van der Waals surface area contributed by atoms with E-state index in [9.17, 15) is 14.0 Å². The van der Waals surface area contributed by atoms with Crippen molar-refractivity contribution >= 4 is 10.8 Å². The van der Waals surface area contributed by atoms with E-state index in [0.29, 0.717) is 15.9 Å². The molecule has 5 heteroatoms. The van der Waals surface area contributed by atoms with Gasteiger partial charge in [-0.05, 0) is 17.5 Å².